The van der Waals surface area contributed by atoms with Gasteiger partial charge in [-0.3, -0.25) is 0 Å². The van der Waals surface area contributed by atoms with E-state index in [1.54, 1.807) is 12.1 Å². The van der Waals surface area contributed by atoms with Gasteiger partial charge >= 0.3 is 5.97 Å². The van der Waals surface area contributed by atoms with E-state index in [9.17, 15) is 9.90 Å². The fraction of sp³-hybridized carbons (Fsp3) is 0.200. The summed E-state index contributed by atoms with van der Waals surface area (Å²) in [6.45, 7) is 0.339. The molecular formula is C15H13NO3. The molecule has 4 nitrogen and oxygen atoms in total. The van der Waals surface area contributed by atoms with E-state index in [1.807, 2.05) is 30.3 Å². The van der Waals surface area contributed by atoms with Gasteiger partial charge in [-0.25, -0.2) is 4.79 Å². The van der Waals surface area contributed by atoms with Crippen LogP contribution in [0.4, 0.5) is 0 Å². The largest absolute Gasteiger partial charge is 0.493 e. The Morgan fingerprint density at radius 3 is 2.58 bits per heavy atom. The summed E-state index contributed by atoms with van der Waals surface area (Å²) in [5.74, 6) is -0.662. The highest BCUT2D eigenvalue weighted by Crippen LogP contribution is 2.26. The van der Waals surface area contributed by atoms with Crippen LogP contribution in [0.5, 0.6) is 5.75 Å². The van der Waals surface area contributed by atoms with Crippen LogP contribution in [0, 0.1) is 11.3 Å². The number of hydrogen-bond acceptors (Lipinski definition) is 3. The first kappa shape index (κ1) is 12.9. The van der Waals surface area contributed by atoms with Crippen molar-refractivity contribution in [2.24, 2.45) is 0 Å². The molecule has 0 saturated carbocycles. The molecule has 0 saturated heterocycles. The van der Waals surface area contributed by atoms with Crippen LogP contribution >= 0.6 is 0 Å². The van der Waals surface area contributed by atoms with E-state index in [1.165, 1.54) is 0 Å². The zero-order chi connectivity index (χ0) is 13.7. The Bertz CT molecular complexity index is 643. The standard InChI is InChI=1S/C15H13NO3/c16-7-3-4-8-19-14-10-12-6-2-1-5-11(12)9-13(14)15(17)18/h1-2,5-6,9-10H,3-4,8H2,(H,17,18). The molecule has 1 N–H and O–H groups in total. The van der Waals surface area contributed by atoms with Crippen LogP contribution in [0.3, 0.4) is 0 Å². The molecule has 0 atom stereocenters. The molecule has 0 bridgehead atoms. The number of nitrogens with zero attached hydrogens (tertiary/aromatic N) is 1. The number of ether oxygens (including phenoxy) is 1. The van der Waals surface area contributed by atoms with E-state index >= 15 is 0 Å². The Morgan fingerprint density at radius 2 is 1.95 bits per heavy atom. The van der Waals surface area contributed by atoms with Crippen molar-refractivity contribution in [3.05, 3.63) is 42.0 Å². The summed E-state index contributed by atoms with van der Waals surface area (Å²) in [6, 6.07) is 12.9. The van der Waals surface area contributed by atoms with E-state index in [4.69, 9.17) is 10.00 Å². The van der Waals surface area contributed by atoms with Crippen LogP contribution in [-0.2, 0) is 0 Å². The van der Waals surface area contributed by atoms with Crippen molar-refractivity contribution in [2.45, 2.75) is 12.8 Å². The molecule has 2 rings (SSSR count). The molecule has 0 amide bonds. The molecule has 0 aromatic heterocycles. The molecular weight excluding hydrogens is 242 g/mol. The highest BCUT2D eigenvalue weighted by molar-refractivity contribution is 5.97. The van der Waals surface area contributed by atoms with Crippen molar-refractivity contribution < 1.29 is 14.6 Å². The molecule has 0 fully saturated rings. The third-order valence-corrected chi connectivity index (χ3v) is 2.77. The van der Waals surface area contributed by atoms with Crippen molar-refractivity contribution in [1.82, 2.24) is 0 Å². The quantitative estimate of drug-likeness (QED) is 0.833. The summed E-state index contributed by atoms with van der Waals surface area (Å²) in [5.41, 5.74) is 0.149. The lowest BCUT2D eigenvalue weighted by molar-refractivity contribution is 0.0692. The molecule has 4 heteroatoms. The Labute approximate surface area is 110 Å². The normalized spacial score (nSPS) is 10.1. The number of rotatable bonds is 5. The van der Waals surface area contributed by atoms with Gasteiger partial charge in [-0.2, -0.15) is 5.26 Å². The number of fused-ring (bicyclic) bond motifs is 1. The molecule has 0 unspecified atom stereocenters. The minimum atomic E-state index is -1.01. The first-order valence-electron chi connectivity index (χ1n) is 5.98. The van der Waals surface area contributed by atoms with Gasteiger partial charge in [0.1, 0.15) is 11.3 Å². The Balaban J connectivity index is 2.31. The molecule has 19 heavy (non-hydrogen) atoms. The number of nitriles is 1. The fourth-order valence-corrected chi connectivity index (χ4v) is 1.84. The van der Waals surface area contributed by atoms with Gasteiger partial charge in [0.15, 0.2) is 0 Å². The summed E-state index contributed by atoms with van der Waals surface area (Å²) in [7, 11) is 0. The number of carboxylic acid groups (broad SMARTS) is 1. The first-order chi connectivity index (χ1) is 9.22. The van der Waals surface area contributed by atoms with E-state index in [0.29, 0.717) is 25.2 Å². The smallest absolute Gasteiger partial charge is 0.339 e. The van der Waals surface area contributed by atoms with Gasteiger partial charge in [-0.1, -0.05) is 24.3 Å². The summed E-state index contributed by atoms with van der Waals surface area (Å²) in [6.07, 6.45) is 0.984. The molecule has 0 radical (unpaired) electrons. The second-order valence-corrected chi connectivity index (χ2v) is 4.11. The summed E-state index contributed by atoms with van der Waals surface area (Å²) in [5, 5.41) is 19.4. The van der Waals surface area contributed by atoms with Gasteiger partial charge in [0.2, 0.25) is 0 Å². The summed E-state index contributed by atoms with van der Waals surface area (Å²) in [4.78, 5) is 11.2. The molecule has 96 valence electrons. The van der Waals surface area contributed by atoms with Gasteiger partial charge in [0.05, 0.1) is 12.7 Å². The highest BCUT2D eigenvalue weighted by Gasteiger charge is 2.12. The molecule has 2 aromatic rings. The topological polar surface area (TPSA) is 70.3 Å². The fourth-order valence-electron chi connectivity index (χ4n) is 1.84. The second kappa shape index (κ2) is 5.87. The van der Waals surface area contributed by atoms with Gasteiger partial charge in [0.25, 0.3) is 0 Å². The molecule has 0 spiro atoms. The average molecular weight is 255 g/mol. The van der Waals surface area contributed by atoms with Crippen LogP contribution in [-0.4, -0.2) is 17.7 Å². The van der Waals surface area contributed by atoms with E-state index < -0.39 is 5.97 Å². The molecule has 0 aliphatic carbocycles. The minimum Gasteiger partial charge on any atom is -0.493 e. The zero-order valence-corrected chi connectivity index (χ0v) is 10.3. The monoisotopic (exact) mass is 255 g/mol. The van der Waals surface area contributed by atoms with E-state index in [0.717, 1.165) is 10.8 Å². The van der Waals surface area contributed by atoms with Crippen molar-refractivity contribution in [3.63, 3.8) is 0 Å². The van der Waals surface area contributed by atoms with Crippen molar-refractivity contribution >= 4 is 16.7 Å². The number of carboxylic acids is 1. The predicted molar refractivity (Wildman–Crippen MR) is 71.2 cm³/mol. The van der Waals surface area contributed by atoms with Crippen LogP contribution in [0.2, 0.25) is 0 Å². The molecule has 2 aromatic carbocycles. The summed E-state index contributed by atoms with van der Waals surface area (Å²) >= 11 is 0. The van der Waals surface area contributed by atoms with Crippen molar-refractivity contribution in [3.8, 4) is 11.8 Å². The Morgan fingerprint density at radius 1 is 1.26 bits per heavy atom. The number of aromatic carboxylic acids is 1. The molecule has 0 heterocycles. The van der Waals surface area contributed by atoms with Crippen LogP contribution < -0.4 is 4.74 Å². The number of carbonyl (C=O) groups is 1. The van der Waals surface area contributed by atoms with E-state index in [-0.39, 0.29) is 5.56 Å². The summed E-state index contributed by atoms with van der Waals surface area (Å²) < 4.78 is 5.48. The third-order valence-electron chi connectivity index (χ3n) is 2.77. The maximum atomic E-state index is 11.2. The lowest BCUT2D eigenvalue weighted by atomic mass is 10.1. The minimum absolute atomic E-state index is 0.149. The van der Waals surface area contributed by atoms with Crippen LogP contribution in [0.1, 0.15) is 23.2 Å². The number of unbranched alkanes of at least 4 members (excludes halogenated alkanes) is 1. The zero-order valence-electron chi connectivity index (χ0n) is 10.3. The lowest BCUT2D eigenvalue weighted by Gasteiger charge is -2.10. The third kappa shape index (κ3) is 3.02. The predicted octanol–water partition coefficient (Wildman–Crippen LogP) is 3.22. The van der Waals surface area contributed by atoms with E-state index in [2.05, 4.69) is 0 Å². The van der Waals surface area contributed by atoms with Gasteiger partial charge < -0.3 is 9.84 Å². The molecule has 0 aliphatic rings. The van der Waals surface area contributed by atoms with Crippen LogP contribution in [0.15, 0.2) is 36.4 Å². The van der Waals surface area contributed by atoms with Gasteiger partial charge in [0, 0.05) is 6.42 Å². The van der Waals surface area contributed by atoms with Gasteiger partial charge in [-0.05, 0) is 29.3 Å². The maximum absolute atomic E-state index is 11.2. The second-order valence-electron chi connectivity index (χ2n) is 4.11. The molecule has 0 aliphatic heterocycles. The maximum Gasteiger partial charge on any atom is 0.339 e. The Kier molecular flexibility index (Phi) is 3.99. The van der Waals surface area contributed by atoms with Crippen molar-refractivity contribution in [2.75, 3.05) is 6.61 Å². The first-order valence-corrected chi connectivity index (χ1v) is 5.98. The highest BCUT2D eigenvalue weighted by atomic mass is 16.5. The van der Waals surface area contributed by atoms with Crippen LogP contribution in [0.25, 0.3) is 10.8 Å². The number of hydrogen-bond donors (Lipinski definition) is 1. The SMILES string of the molecule is N#CCCCOc1cc2ccccc2cc1C(=O)O. The lowest BCUT2D eigenvalue weighted by Crippen LogP contribution is -2.04. The number of benzene rings is 2. The Hall–Kier alpha value is -2.54. The van der Waals surface area contributed by atoms with Crippen molar-refractivity contribution in [1.29, 1.82) is 5.26 Å². The van der Waals surface area contributed by atoms with Gasteiger partial charge in [-0.15, -0.1) is 0 Å². The average Bonchev–Trinajstić information content (AvgIpc) is 2.42.